The van der Waals surface area contributed by atoms with Gasteiger partial charge >= 0.3 is 0 Å². The van der Waals surface area contributed by atoms with Crippen molar-refractivity contribution < 1.29 is 9.53 Å². The van der Waals surface area contributed by atoms with Gasteiger partial charge in [-0.3, -0.25) is 4.79 Å². The van der Waals surface area contributed by atoms with E-state index in [2.05, 4.69) is 28.1 Å². The van der Waals surface area contributed by atoms with Crippen LogP contribution >= 0.6 is 0 Å². The number of morpholine rings is 1. The van der Waals surface area contributed by atoms with Crippen molar-refractivity contribution in [3.05, 3.63) is 29.8 Å². The van der Waals surface area contributed by atoms with Crippen LogP contribution in [0, 0.1) is 11.8 Å². The number of benzene rings is 1. The van der Waals surface area contributed by atoms with Crippen molar-refractivity contribution in [2.75, 3.05) is 25.1 Å². The first-order chi connectivity index (χ1) is 13.3. The maximum Gasteiger partial charge on any atom is 0.227 e. The van der Waals surface area contributed by atoms with E-state index >= 15 is 0 Å². The van der Waals surface area contributed by atoms with Crippen LogP contribution in [0.15, 0.2) is 24.3 Å². The molecule has 3 aliphatic rings. The van der Waals surface area contributed by atoms with Crippen molar-refractivity contribution in [3.63, 3.8) is 0 Å². The molecule has 1 aliphatic heterocycles. The van der Waals surface area contributed by atoms with E-state index in [0.29, 0.717) is 18.0 Å². The Hall–Kier alpha value is -1.43. The number of carbonyl (C=O) groups is 1. The topological polar surface area (TPSA) is 62.4 Å². The highest BCUT2D eigenvalue weighted by atomic mass is 16.5. The zero-order valence-electron chi connectivity index (χ0n) is 16.2. The summed E-state index contributed by atoms with van der Waals surface area (Å²) in [5.41, 5.74) is 2.16. The Morgan fingerprint density at radius 3 is 2.85 bits per heavy atom. The molecule has 3 unspecified atom stereocenters. The SMILES string of the molecule is O=C(Nc1cccc(CNC2CCCC2C2COCCN2)c1)C1CCCC1. The van der Waals surface area contributed by atoms with Crippen LogP contribution in [0.25, 0.3) is 0 Å². The first-order valence-electron chi connectivity index (χ1n) is 10.7. The summed E-state index contributed by atoms with van der Waals surface area (Å²) in [6.45, 7) is 3.49. The Labute approximate surface area is 162 Å². The van der Waals surface area contributed by atoms with Gasteiger partial charge in [0.05, 0.1) is 13.2 Å². The Morgan fingerprint density at radius 2 is 2.04 bits per heavy atom. The number of ether oxygens (including phenoxy) is 1. The lowest BCUT2D eigenvalue weighted by atomic mass is 9.94. The van der Waals surface area contributed by atoms with Crippen molar-refractivity contribution in [1.82, 2.24) is 10.6 Å². The highest BCUT2D eigenvalue weighted by molar-refractivity contribution is 5.92. The number of hydrogen-bond acceptors (Lipinski definition) is 4. The summed E-state index contributed by atoms with van der Waals surface area (Å²) in [5.74, 6) is 1.05. The normalized spacial score (nSPS) is 29.1. The highest BCUT2D eigenvalue weighted by Gasteiger charge is 2.34. The lowest BCUT2D eigenvalue weighted by molar-refractivity contribution is -0.119. The largest absolute Gasteiger partial charge is 0.379 e. The van der Waals surface area contributed by atoms with Crippen molar-refractivity contribution in [3.8, 4) is 0 Å². The maximum atomic E-state index is 12.4. The number of carbonyl (C=O) groups excluding carboxylic acids is 1. The second-order valence-corrected chi connectivity index (χ2v) is 8.39. The smallest absolute Gasteiger partial charge is 0.227 e. The second-order valence-electron chi connectivity index (χ2n) is 8.39. The molecule has 5 heteroatoms. The van der Waals surface area contributed by atoms with E-state index in [0.717, 1.165) is 44.8 Å². The predicted molar refractivity (Wildman–Crippen MR) is 108 cm³/mol. The van der Waals surface area contributed by atoms with Crippen molar-refractivity contribution in [2.24, 2.45) is 11.8 Å². The summed E-state index contributed by atoms with van der Waals surface area (Å²) in [6, 6.07) is 9.33. The second kappa shape index (κ2) is 9.18. The van der Waals surface area contributed by atoms with Gasteiger partial charge in [0, 0.05) is 36.8 Å². The Balaban J connectivity index is 1.30. The number of rotatable bonds is 6. The molecule has 2 aliphatic carbocycles. The minimum Gasteiger partial charge on any atom is -0.379 e. The molecule has 3 N–H and O–H groups in total. The van der Waals surface area contributed by atoms with E-state index in [1.807, 2.05) is 12.1 Å². The van der Waals surface area contributed by atoms with Crippen LogP contribution in [0.3, 0.4) is 0 Å². The summed E-state index contributed by atoms with van der Waals surface area (Å²) < 4.78 is 5.67. The van der Waals surface area contributed by atoms with Gasteiger partial charge in [-0.05, 0) is 49.3 Å². The van der Waals surface area contributed by atoms with Crippen LogP contribution in [-0.4, -0.2) is 37.7 Å². The molecule has 0 bridgehead atoms. The molecule has 1 amide bonds. The van der Waals surface area contributed by atoms with Gasteiger partial charge in [0.2, 0.25) is 5.91 Å². The number of amides is 1. The molecule has 3 fully saturated rings. The third kappa shape index (κ3) is 4.89. The fraction of sp³-hybridized carbons (Fsp3) is 0.682. The van der Waals surface area contributed by atoms with Crippen LogP contribution in [0.1, 0.15) is 50.5 Å². The van der Waals surface area contributed by atoms with Gasteiger partial charge in [-0.1, -0.05) is 31.4 Å². The van der Waals surface area contributed by atoms with Gasteiger partial charge < -0.3 is 20.7 Å². The van der Waals surface area contributed by atoms with Gasteiger partial charge in [0.1, 0.15) is 0 Å². The van der Waals surface area contributed by atoms with Gasteiger partial charge in [-0.2, -0.15) is 0 Å². The Morgan fingerprint density at radius 1 is 1.15 bits per heavy atom. The van der Waals surface area contributed by atoms with Crippen molar-refractivity contribution in [2.45, 2.75) is 63.6 Å². The molecule has 1 aromatic carbocycles. The first kappa shape index (κ1) is 18.9. The van der Waals surface area contributed by atoms with Crippen LogP contribution in [0.2, 0.25) is 0 Å². The monoisotopic (exact) mass is 371 g/mol. The molecule has 0 spiro atoms. The van der Waals surface area contributed by atoms with E-state index in [4.69, 9.17) is 4.74 Å². The summed E-state index contributed by atoms with van der Waals surface area (Å²) >= 11 is 0. The molecule has 3 atom stereocenters. The van der Waals surface area contributed by atoms with E-state index in [9.17, 15) is 4.79 Å². The summed E-state index contributed by atoms with van der Waals surface area (Å²) in [4.78, 5) is 12.4. The zero-order valence-corrected chi connectivity index (χ0v) is 16.2. The molecule has 4 rings (SSSR count). The van der Waals surface area contributed by atoms with Gasteiger partial charge in [0.15, 0.2) is 0 Å². The number of anilines is 1. The Kier molecular flexibility index (Phi) is 6.43. The minimum absolute atomic E-state index is 0.192. The molecular weight excluding hydrogens is 338 g/mol. The fourth-order valence-electron chi connectivity index (χ4n) is 5.02. The fourth-order valence-corrected chi connectivity index (χ4v) is 5.02. The summed E-state index contributed by atoms with van der Waals surface area (Å²) in [7, 11) is 0. The molecule has 1 saturated heterocycles. The van der Waals surface area contributed by atoms with Crippen molar-refractivity contribution in [1.29, 1.82) is 0 Å². The van der Waals surface area contributed by atoms with Crippen LogP contribution in [0.4, 0.5) is 5.69 Å². The lowest BCUT2D eigenvalue weighted by Gasteiger charge is -2.33. The molecule has 5 nitrogen and oxygen atoms in total. The molecule has 0 aromatic heterocycles. The lowest BCUT2D eigenvalue weighted by Crippen LogP contribution is -2.50. The number of hydrogen-bond donors (Lipinski definition) is 3. The molecule has 1 heterocycles. The van der Waals surface area contributed by atoms with Crippen molar-refractivity contribution >= 4 is 11.6 Å². The molecule has 0 radical (unpaired) electrons. The molecule has 148 valence electrons. The molecular formula is C22H33N3O2. The average Bonchev–Trinajstić information content (AvgIpc) is 3.39. The van der Waals surface area contributed by atoms with Gasteiger partial charge in [-0.15, -0.1) is 0 Å². The average molecular weight is 372 g/mol. The van der Waals surface area contributed by atoms with Crippen LogP contribution < -0.4 is 16.0 Å². The van der Waals surface area contributed by atoms with Crippen LogP contribution in [-0.2, 0) is 16.1 Å². The summed E-state index contributed by atoms with van der Waals surface area (Å²) in [5, 5.41) is 10.5. The highest BCUT2D eigenvalue weighted by Crippen LogP contribution is 2.30. The predicted octanol–water partition coefficient (Wildman–Crippen LogP) is 3.06. The van der Waals surface area contributed by atoms with E-state index < -0.39 is 0 Å². The molecule has 27 heavy (non-hydrogen) atoms. The van der Waals surface area contributed by atoms with Gasteiger partial charge in [-0.25, -0.2) is 0 Å². The molecule has 2 saturated carbocycles. The quantitative estimate of drug-likeness (QED) is 0.719. The first-order valence-corrected chi connectivity index (χ1v) is 10.7. The van der Waals surface area contributed by atoms with Crippen LogP contribution in [0.5, 0.6) is 0 Å². The van der Waals surface area contributed by atoms with E-state index in [1.54, 1.807) is 0 Å². The molecule has 1 aromatic rings. The zero-order chi connectivity index (χ0) is 18.5. The van der Waals surface area contributed by atoms with E-state index in [1.165, 1.54) is 37.7 Å². The third-order valence-electron chi connectivity index (χ3n) is 6.53. The summed E-state index contributed by atoms with van der Waals surface area (Å²) in [6.07, 6.45) is 8.25. The van der Waals surface area contributed by atoms with E-state index in [-0.39, 0.29) is 11.8 Å². The van der Waals surface area contributed by atoms with Gasteiger partial charge in [0.25, 0.3) is 0 Å². The number of nitrogens with one attached hydrogen (secondary N) is 3. The third-order valence-corrected chi connectivity index (χ3v) is 6.53. The maximum absolute atomic E-state index is 12.4. The Bertz CT molecular complexity index is 624. The minimum atomic E-state index is 0.192. The standard InChI is InChI=1S/C22H33N3O2/c26-22(17-6-1-2-7-17)25-18-8-3-5-16(13-18)14-24-20-10-4-9-19(20)21-15-27-12-11-23-21/h3,5,8,13,17,19-21,23-24H,1-2,4,6-7,9-12,14-15H2,(H,25,26).